The molecule has 0 aliphatic carbocycles. The van der Waals surface area contributed by atoms with E-state index in [0.29, 0.717) is 0 Å². The lowest BCUT2D eigenvalue weighted by Gasteiger charge is -2.00. The molecule has 62 valence electrons. The molecule has 3 heteroatoms. The Morgan fingerprint density at radius 1 is 1.50 bits per heavy atom. The van der Waals surface area contributed by atoms with Gasteiger partial charge in [-0.25, -0.2) is 4.39 Å². The first kappa shape index (κ1) is 8.44. The lowest BCUT2D eigenvalue weighted by Crippen LogP contribution is -1.85. The summed E-state index contributed by atoms with van der Waals surface area (Å²) in [7, 11) is 0. The van der Waals surface area contributed by atoms with E-state index in [0.717, 1.165) is 19.2 Å². The number of rotatable bonds is 0. The Morgan fingerprint density at radius 2 is 2.25 bits per heavy atom. The Morgan fingerprint density at radius 3 is 3.00 bits per heavy atom. The van der Waals surface area contributed by atoms with Crippen molar-refractivity contribution < 1.29 is 4.39 Å². The lowest BCUT2D eigenvalue weighted by atomic mass is 10.2. The molecule has 2 aromatic rings. The van der Waals surface area contributed by atoms with Gasteiger partial charge in [-0.2, -0.15) is 0 Å². The number of thiophene rings is 1. The van der Waals surface area contributed by atoms with Gasteiger partial charge in [0.1, 0.15) is 0 Å². The summed E-state index contributed by atoms with van der Waals surface area (Å²) in [5, 5.41) is 2.93. The first-order valence-electron chi connectivity index (χ1n) is 3.52. The van der Waals surface area contributed by atoms with Gasteiger partial charge in [0.2, 0.25) is 0 Å². The molecule has 0 unspecified atom stereocenters. The van der Waals surface area contributed by atoms with Crippen LogP contribution in [0.1, 0.15) is 5.56 Å². The van der Waals surface area contributed by atoms with Crippen LogP contribution >= 0.6 is 33.9 Å². The van der Waals surface area contributed by atoms with Crippen molar-refractivity contribution in [3.05, 3.63) is 32.5 Å². The summed E-state index contributed by atoms with van der Waals surface area (Å²) in [5.41, 5.74) is 1.01. The molecule has 0 fully saturated rings. The summed E-state index contributed by atoms with van der Waals surface area (Å²) < 4.78 is 15.0. The summed E-state index contributed by atoms with van der Waals surface area (Å²) in [6, 6.07) is 3.98. The molecule has 0 aliphatic rings. The van der Waals surface area contributed by atoms with Crippen molar-refractivity contribution in [1.29, 1.82) is 0 Å². The van der Waals surface area contributed by atoms with E-state index in [9.17, 15) is 4.39 Å². The van der Waals surface area contributed by atoms with Crippen LogP contribution in [0.15, 0.2) is 17.5 Å². The monoisotopic (exact) mass is 292 g/mol. The zero-order valence-electron chi connectivity index (χ0n) is 6.40. The van der Waals surface area contributed by atoms with Gasteiger partial charge in [-0.15, -0.1) is 11.3 Å². The minimum atomic E-state index is -0.0689. The molecule has 0 saturated carbocycles. The minimum Gasteiger partial charge on any atom is -0.204 e. The third-order valence-electron chi connectivity index (χ3n) is 1.81. The molecule has 1 aromatic carbocycles. The molecule has 2 rings (SSSR count). The van der Waals surface area contributed by atoms with E-state index in [-0.39, 0.29) is 5.82 Å². The normalized spacial score (nSPS) is 10.9. The smallest absolute Gasteiger partial charge is 0.154 e. The zero-order valence-corrected chi connectivity index (χ0v) is 9.37. The van der Waals surface area contributed by atoms with E-state index in [2.05, 4.69) is 0 Å². The minimum absolute atomic E-state index is 0.0689. The Kier molecular flexibility index (Phi) is 2.08. The lowest BCUT2D eigenvalue weighted by molar-refractivity contribution is 0.633. The molecule has 0 saturated heterocycles. The number of fused-ring (bicyclic) bond motifs is 1. The van der Waals surface area contributed by atoms with E-state index in [4.69, 9.17) is 0 Å². The van der Waals surface area contributed by atoms with E-state index in [1.807, 2.05) is 47.0 Å². The average molecular weight is 292 g/mol. The van der Waals surface area contributed by atoms with E-state index in [1.54, 1.807) is 0 Å². The van der Waals surface area contributed by atoms with Crippen LogP contribution in [0.4, 0.5) is 4.39 Å². The predicted octanol–water partition coefficient (Wildman–Crippen LogP) is 3.95. The van der Waals surface area contributed by atoms with E-state index in [1.165, 1.54) is 11.3 Å². The molecular formula is C9H6FIS. The SMILES string of the molecule is Cc1cc2ccsc2c(F)c1I. The number of hydrogen-bond acceptors (Lipinski definition) is 1. The van der Waals surface area contributed by atoms with Crippen molar-refractivity contribution in [2.24, 2.45) is 0 Å². The van der Waals surface area contributed by atoms with Crippen LogP contribution in [-0.4, -0.2) is 0 Å². The van der Waals surface area contributed by atoms with Crippen molar-refractivity contribution in [3.8, 4) is 0 Å². The van der Waals surface area contributed by atoms with Crippen molar-refractivity contribution in [2.45, 2.75) is 6.92 Å². The largest absolute Gasteiger partial charge is 0.204 e. The van der Waals surface area contributed by atoms with Gasteiger partial charge in [0, 0.05) is 0 Å². The van der Waals surface area contributed by atoms with Crippen LogP contribution in [0.25, 0.3) is 10.1 Å². The number of hydrogen-bond donors (Lipinski definition) is 0. The fourth-order valence-corrected chi connectivity index (χ4v) is 2.61. The van der Waals surface area contributed by atoms with Crippen LogP contribution in [0.5, 0.6) is 0 Å². The fraction of sp³-hybridized carbons (Fsp3) is 0.111. The van der Waals surface area contributed by atoms with Crippen molar-refractivity contribution in [1.82, 2.24) is 0 Å². The maximum absolute atomic E-state index is 13.5. The van der Waals surface area contributed by atoms with Gasteiger partial charge in [-0.3, -0.25) is 0 Å². The number of halogens is 2. The number of benzene rings is 1. The zero-order chi connectivity index (χ0) is 8.72. The van der Waals surface area contributed by atoms with Gasteiger partial charge in [0.25, 0.3) is 0 Å². The topological polar surface area (TPSA) is 0 Å². The molecule has 0 spiro atoms. The van der Waals surface area contributed by atoms with Crippen LogP contribution < -0.4 is 0 Å². The van der Waals surface area contributed by atoms with E-state index >= 15 is 0 Å². The van der Waals surface area contributed by atoms with Crippen molar-refractivity contribution in [2.75, 3.05) is 0 Å². The standard InChI is InChI=1S/C9H6FIS/c1-5-4-6-2-3-12-9(6)7(10)8(5)11/h2-4H,1H3. The molecule has 0 aliphatic heterocycles. The first-order valence-corrected chi connectivity index (χ1v) is 5.48. The molecule has 0 amide bonds. The molecule has 0 nitrogen and oxygen atoms in total. The maximum Gasteiger partial charge on any atom is 0.154 e. The Hall–Kier alpha value is -0.160. The van der Waals surface area contributed by atoms with Crippen molar-refractivity contribution in [3.63, 3.8) is 0 Å². The van der Waals surface area contributed by atoms with Crippen LogP contribution in [-0.2, 0) is 0 Å². The van der Waals surface area contributed by atoms with E-state index < -0.39 is 0 Å². The Labute approximate surface area is 87.5 Å². The number of aryl methyl sites for hydroxylation is 1. The Balaban J connectivity index is 2.94. The van der Waals surface area contributed by atoms with Crippen LogP contribution in [0.3, 0.4) is 0 Å². The van der Waals surface area contributed by atoms with Crippen LogP contribution in [0.2, 0.25) is 0 Å². The highest BCUT2D eigenvalue weighted by Gasteiger charge is 2.08. The first-order chi connectivity index (χ1) is 5.70. The molecule has 1 heterocycles. The van der Waals surface area contributed by atoms with Gasteiger partial charge in [0.15, 0.2) is 5.82 Å². The highest BCUT2D eigenvalue weighted by Crippen LogP contribution is 2.29. The van der Waals surface area contributed by atoms with Gasteiger partial charge in [-0.05, 0) is 58.0 Å². The molecular weight excluding hydrogens is 286 g/mol. The molecule has 0 N–H and O–H groups in total. The maximum atomic E-state index is 13.5. The van der Waals surface area contributed by atoms with Crippen LogP contribution in [0, 0.1) is 16.3 Å². The molecule has 12 heavy (non-hydrogen) atoms. The third kappa shape index (κ3) is 1.15. The third-order valence-corrected chi connectivity index (χ3v) is 4.05. The summed E-state index contributed by atoms with van der Waals surface area (Å²) in [6.07, 6.45) is 0. The summed E-state index contributed by atoms with van der Waals surface area (Å²) in [5.74, 6) is -0.0689. The second kappa shape index (κ2) is 2.96. The molecule has 0 atom stereocenters. The molecule has 0 bridgehead atoms. The van der Waals surface area contributed by atoms with Crippen molar-refractivity contribution >= 4 is 44.0 Å². The molecule has 1 aromatic heterocycles. The second-order valence-corrected chi connectivity index (χ2v) is 4.66. The second-order valence-electron chi connectivity index (χ2n) is 2.66. The summed E-state index contributed by atoms with van der Waals surface area (Å²) in [6.45, 7) is 1.93. The summed E-state index contributed by atoms with van der Waals surface area (Å²) >= 11 is 3.50. The summed E-state index contributed by atoms with van der Waals surface area (Å²) in [4.78, 5) is 0. The highest BCUT2D eigenvalue weighted by molar-refractivity contribution is 14.1. The van der Waals surface area contributed by atoms with Gasteiger partial charge in [-0.1, -0.05) is 0 Å². The van der Waals surface area contributed by atoms with Gasteiger partial charge in [0.05, 0.1) is 8.27 Å². The fourth-order valence-electron chi connectivity index (χ4n) is 1.18. The van der Waals surface area contributed by atoms with Gasteiger partial charge < -0.3 is 0 Å². The molecule has 0 radical (unpaired) electrons. The average Bonchev–Trinajstić information content (AvgIpc) is 2.48. The highest BCUT2D eigenvalue weighted by atomic mass is 127. The predicted molar refractivity (Wildman–Crippen MR) is 59.2 cm³/mol. The quantitative estimate of drug-likeness (QED) is 0.645. The van der Waals surface area contributed by atoms with Gasteiger partial charge >= 0.3 is 0 Å². The Bertz CT molecular complexity index is 433.